The molecule has 0 radical (unpaired) electrons. The number of benzene rings is 1. The second kappa shape index (κ2) is 6.27. The monoisotopic (exact) mass is 335 g/mol. The van der Waals surface area contributed by atoms with Crippen molar-refractivity contribution in [2.24, 2.45) is 0 Å². The Bertz CT molecular complexity index is 920. The van der Waals surface area contributed by atoms with E-state index in [4.69, 9.17) is 9.47 Å². The lowest BCUT2D eigenvalue weighted by molar-refractivity contribution is 0.394. The van der Waals surface area contributed by atoms with Gasteiger partial charge in [0.25, 0.3) is 0 Å². The van der Waals surface area contributed by atoms with Gasteiger partial charge in [0.15, 0.2) is 0 Å². The van der Waals surface area contributed by atoms with Crippen molar-refractivity contribution in [2.45, 2.75) is 6.04 Å². The largest absolute Gasteiger partial charge is 0.497 e. The molecule has 4 rings (SSSR count). The molecule has 0 fully saturated rings. The maximum absolute atomic E-state index is 5.55. The molecule has 0 unspecified atom stereocenters. The van der Waals surface area contributed by atoms with E-state index in [9.17, 15) is 0 Å². The fourth-order valence-corrected chi connectivity index (χ4v) is 2.92. The molecule has 0 amide bonds. The molecule has 1 N–H and O–H groups in total. The van der Waals surface area contributed by atoms with Crippen molar-refractivity contribution in [3.8, 4) is 11.5 Å². The molecule has 3 heterocycles. The van der Waals surface area contributed by atoms with Crippen molar-refractivity contribution >= 4 is 11.6 Å². The van der Waals surface area contributed by atoms with Crippen molar-refractivity contribution in [1.29, 1.82) is 0 Å². The third-order valence-corrected chi connectivity index (χ3v) is 4.14. The van der Waals surface area contributed by atoms with Gasteiger partial charge < -0.3 is 14.8 Å². The van der Waals surface area contributed by atoms with Crippen molar-refractivity contribution in [1.82, 2.24) is 19.7 Å². The summed E-state index contributed by atoms with van der Waals surface area (Å²) in [5.74, 6) is 2.18. The minimum atomic E-state index is -0.181. The average molecular weight is 335 g/mol. The molecule has 1 aromatic carbocycles. The summed E-state index contributed by atoms with van der Waals surface area (Å²) in [6, 6.07) is 9.44. The predicted molar refractivity (Wildman–Crippen MR) is 93.5 cm³/mol. The SMILES string of the molecule is COc1ccc(OC)c([C@@H]2C=C(c3cccnc3)Nc3ncnn32)c1. The number of allylic oxidation sites excluding steroid dienone is 1. The first kappa shape index (κ1) is 15.2. The Morgan fingerprint density at radius 3 is 2.84 bits per heavy atom. The molecular formula is C18H17N5O2. The minimum absolute atomic E-state index is 0.181. The molecule has 0 aliphatic carbocycles. The summed E-state index contributed by atoms with van der Waals surface area (Å²) < 4.78 is 12.7. The van der Waals surface area contributed by atoms with E-state index in [2.05, 4.69) is 26.5 Å². The number of fused-ring (bicyclic) bond motifs is 1. The van der Waals surface area contributed by atoms with Crippen molar-refractivity contribution in [2.75, 3.05) is 19.5 Å². The van der Waals surface area contributed by atoms with Gasteiger partial charge in [0.2, 0.25) is 5.95 Å². The molecule has 1 aliphatic rings. The summed E-state index contributed by atoms with van der Waals surface area (Å²) in [5.41, 5.74) is 2.84. The Labute approximate surface area is 144 Å². The van der Waals surface area contributed by atoms with Gasteiger partial charge in [-0.2, -0.15) is 10.1 Å². The Morgan fingerprint density at radius 1 is 1.16 bits per heavy atom. The molecule has 126 valence electrons. The van der Waals surface area contributed by atoms with E-state index in [-0.39, 0.29) is 6.04 Å². The number of nitrogens with one attached hydrogen (secondary N) is 1. The van der Waals surface area contributed by atoms with Gasteiger partial charge in [-0.3, -0.25) is 4.98 Å². The number of ether oxygens (including phenoxy) is 2. The van der Waals surface area contributed by atoms with Gasteiger partial charge in [0.1, 0.15) is 23.9 Å². The molecule has 25 heavy (non-hydrogen) atoms. The summed E-state index contributed by atoms with van der Waals surface area (Å²) >= 11 is 0. The lowest BCUT2D eigenvalue weighted by atomic mass is 10.0. The standard InChI is InChI=1S/C18H17N5O2/c1-24-13-5-6-17(25-2)14(8-13)16-9-15(12-4-3-7-19-10-12)22-18-20-11-21-23(16)18/h3-11,16H,1-2H3,(H,20,21,22)/t16-/m0/s1. The highest BCUT2D eigenvalue weighted by molar-refractivity contribution is 5.76. The van der Waals surface area contributed by atoms with Gasteiger partial charge in [-0.15, -0.1) is 0 Å². The normalized spacial score (nSPS) is 15.8. The lowest BCUT2D eigenvalue weighted by Crippen LogP contribution is -2.20. The van der Waals surface area contributed by atoms with Gasteiger partial charge in [0, 0.05) is 29.2 Å². The van der Waals surface area contributed by atoms with Gasteiger partial charge in [-0.25, -0.2) is 4.68 Å². The third kappa shape index (κ3) is 2.69. The summed E-state index contributed by atoms with van der Waals surface area (Å²) in [6.45, 7) is 0. The Hall–Kier alpha value is -3.35. The topological polar surface area (TPSA) is 74.1 Å². The van der Waals surface area contributed by atoms with Crippen LogP contribution >= 0.6 is 0 Å². The molecule has 0 bridgehead atoms. The summed E-state index contributed by atoms with van der Waals surface area (Å²) in [6.07, 6.45) is 7.17. The fourth-order valence-electron chi connectivity index (χ4n) is 2.92. The van der Waals surface area contributed by atoms with Crippen LogP contribution in [-0.2, 0) is 0 Å². The molecule has 0 saturated heterocycles. The smallest absolute Gasteiger partial charge is 0.226 e. The van der Waals surface area contributed by atoms with Crippen LogP contribution in [0.3, 0.4) is 0 Å². The average Bonchev–Trinajstić information content (AvgIpc) is 3.16. The molecule has 7 heteroatoms. The van der Waals surface area contributed by atoms with Crippen molar-refractivity contribution in [3.63, 3.8) is 0 Å². The third-order valence-electron chi connectivity index (χ3n) is 4.14. The molecule has 1 atom stereocenters. The van der Waals surface area contributed by atoms with Crippen LogP contribution in [0.4, 0.5) is 5.95 Å². The lowest BCUT2D eigenvalue weighted by Gasteiger charge is -2.25. The number of nitrogens with zero attached hydrogens (tertiary/aromatic N) is 4. The summed E-state index contributed by atoms with van der Waals surface area (Å²) in [5, 5.41) is 7.66. The summed E-state index contributed by atoms with van der Waals surface area (Å²) in [7, 11) is 3.30. The molecule has 7 nitrogen and oxygen atoms in total. The number of methoxy groups -OCH3 is 2. The zero-order chi connectivity index (χ0) is 17.2. The van der Waals surface area contributed by atoms with E-state index in [1.165, 1.54) is 6.33 Å². The van der Waals surface area contributed by atoms with E-state index >= 15 is 0 Å². The number of hydrogen-bond acceptors (Lipinski definition) is 6. The second-order valence-corrected chi connectivity index (χ2v) is 5.53. The number of hydrogen-bond donors (Lipinski definition) is 1. The van der Waals surface area contributed by atoms with Crippen LogP contribution in [0.15, 0.2) is 55.1 Å². The Balaban J connectivity index is 1.87. The first-order chi connectivity index (χ1) is 12.3. The highest BCUT2D eigenvalue weighted by Crippen LogP contribution is 2.37. The Kier molecular flexibility index (Phi) is 3.81. The zero-order valence-electron chi connectivity index (χ0n) is 13.9. The zero-order valence-corrected chi connectivity index (χ0v) is 13.9. The first-order valence-corrected chi connectivity index (χ1v) is 7.81. The van der Waals surface area contributed by atoms with Crippen LogP contribution in [0.5, 0.6) is 11.5 Å². The Morgan fingerprint density at radius 2 is 2.08 bits per heavy atom. The van der Waals surface area contributed by atoms with Crippen LogP contribution < -0.4 is 14.8 Å². The molecule has 2 aromatic heterocycles. The van der Waals surface area contributed by atoms with Gasteiger partial charge in [0.05, 0.1) is 14.2 Å². The number of aromatic nitrogens is 4. The van der Waals surface area contributed by atoms with E-state index in [1.807, 2.05) is 41.2 Å². The molecule has 1 aliphatic heterocycles. The maximum Gasteiger partial charge on any atom is 0.226 e. The second-order valence-electron chi connectivity index (χ2n) is 5.53. The van der Waals surface area contributed by atoms with Crippen LogP contribution in [0.1, 0.15) is 17.2 Å². The minimum Gasteiger partial charge on any atom is -0.497 e. The van der Waals surface area contributed by atoms with E-state index in [0.29, 0.717) is 5.95 Å². The summed E-state index contributed by atoms with van der Waals surface area (Å²) in [4.78, 5) is 8.51. The van der Waals surface area contributed by atoms with Crippen LogP contribution in [-0.4, -0.2) is 34.0 Å². The first-order valence-electron chi connectivity index (χ1n) is 7.81. The van der Waals surface area contributed by atoms with E-state index < -0.39 is 0 Å². The fraction of sp³-hybridized carbons (Fsp3) is 0.167. The van der Waals surface area contributed by atoms with Crippen molar-refractivity contribution < 1.29 is 9.47 Å². The molecule has 3 aromatic rings. The number of anilines is 1. The van der Waals surface area contributed by atoms with Gasteiger partial charge >= 0.3 is 0 Å². The van der Waals surface area contributed by atoms with Crippen LogP contribution in [0.2, 0.25) is 0 Å². The van der Waals surface area contributed by atoms with Gasteiger partial charge in [-0.05, 0) is 36.4 Å². The maximum atomic E-state index is 5.55. The van der Waals surface area contributed by atoms with Crippen molar-refractivity contribution in [3.05, 3.63) is 66.3 Å². The molecular weight excluding hydrogens is 318 g/mol. The van der Waals surface area contributed by atoms with Gasteiger partial charge in [-0.1, -0.05) is 0 Å². The highest BCUT2D eigenvalue weighted by Gasteiger charge is 2.26. The highest BCUT2D eigenvalue weighted by atomic mass is 16.5. The van der Waals surface area contributed by atoms with Crippen LogP contribution in [0.25, 0.3) is 5.70 Å². The molecule has 0 saturated carbocycles. The predicted octanol–water partition coefficient (Wildman–Crippen LogP) is 2.75. The van der Waals surface area contributed by atoms with E-state index in [1.54, 1.807) is 20.4 Å². The van der Waals surface area contributed by atoms with E-state index in [0.717, 1.165) is 28.3 Å². The number of pyridine rings is 1. The quantitative estimate of drug-likeness (QED) is 0.790. The van der Waals surface area contributed by atoms with Crippen LogP contribution in [0, 0.1) is 0 Å². The number of rotatable bonds is 4. The molecule has 0 spiro atoms.